The van der Waals surface area contributed by atoms with Crippen molar-refractivity contribution in [2.45, 2.75) is 13.3 Å². The van der Waals surface area contributed by atoms with Gasteiger partial charge in [-0.3, -0.25) is 4.79 Å². The molecule has 0 saturated carbocycles. The zero-order valence-electron chi connectivity index (χ0n) is 15.8. The summed E-state index contributed by atoms with van der Waals surface area (Å²) in [4.78, 5) is 23.2. The van der Waals surface area contributed by atoms with E-state index >= 15 is 0 Å². The van der Waals surface area contributed by atoms with E-state index < -0.39 is 5.97 Å². The first-order chi connectivity index (χ1) is 14.1. The first kappa shape index (κ1) is 19.9. The number of hydrogen-bond acceptors (Lipinski definition) is 5. The lowest BCUT2D eigenvalue weighted by atomic mass is 10.1. The maximum absolute atomic E-state index is 12.1. The molecular weight excluding hydrogens is 372 g/mol. The third kappa shape index (κ3) is 5.32. The van der Waals surface area contributed by atoms with Gasteiger partial charge >= 0.3 is 5.97 Å². The molecule has 7 nitrogen and oxygen atoms in total. The molecule has 0 unspecified atom stereocenters. The maximum atomic E-state index is 12.1. The molecule has 1 amide bonds. The summed E-state index contributed by atoms with van der Waals surface area (Å²) < 4.78 is 11.1. The summed E-state index contributed by atoms with van der Waals surface area (Å²) in [5.74, 6) is 0.270. The molecule has 0 aliphatic heterocycles. The van der Waals surface area contributed by atoms with E-state index in [1.807, 2.05) is 6.92 Å². The number of benzene rings is 2. The number of hydrogen-bond donors (Lipinski definition) is 2. The molecule has 0 aliphatic carbocycles. The Kier molecular flexibility index (Phi) is 6.42. The molecule has 2 N–H and O–H groups in total. The first-order valence-corrected chi connectivity index (χ1v) is 9.06. The Hall–Kier alpha value is -3.87. The van der Waals surface area contributed by atoms with Gasteiger partial charge in [-0.05, 0) is 55.0 Å². The number of ether oxygens (including phenoxy) is 1. The van der Waals surface area contributed by atoms with E-state index in [1.54, 1.807) is 48.5 Å². The lowest BCUT2D eigenvalue weighted by Gasteiger charge is -2.05. The average Bonchev–Trinajstić information content (AvgIpc) is 3.21. The topological polar surface area (TPSA) is 101 Å². The number of nitrogens with one attached hydrogen (secondary N) is 1. The Morgan fingerprint density at radius 3 is 2.62 bits per heavy atom. The van der Waals surface area contributed by atoms with E-state index in [4.69, 9.17) is 14.3 Å². The van der Waals surface area contributed by atoms with Gasteiger partial charge in [-0.15, -0.1) is 0 Å². The van der Waals surface area contributed by atoms with Gasteiger partial charge in [0, 0.05) is 11.1 Å². The van der Waals surface area contributed by atoms with Crippen molar-refractivity contribution >= 4 is 18.1 Å². The number of amides is 1. The third-order valence-corrected chi connectivity index (χ3v) is 3.97. The van der Waals surface area contributed by atoms with Crippen LogP contribution in [-0.4, -0.2) is 29.8 Å². The van der Waals surface area contributed by atoms with Crippen molar-refractivity contribution in [1.29, 1.82) is 0 Å². The van der Waals surface area contributed by atoms with Crippen LogP contribution in [0, 0.1) is 0 Å². The van der Waals surface area contributed by atoms with Crippen LogP contribution in [0.3, 0.4) is 0 Å². The molecular formula is C22H20N2O5. The van der Waals surface area contributed by atoms with E-state index in [0.29, 0.717) is 35.0 Å². The molecule has 0 radical (unpaired) electrons. The number of hydrazone groups is 1. The second-order valence-corrected chi connectivity index (χ2v) is 6.16. The molecule has 1 heterocycles. The van der Waals surface area contributed by atoms with Crippen molar-refractivity contribution in [3.8, 4) is 17.1 Å². The van der Waals surface area contributed by atoms with Gasteiger partial charge in [0.05, 0.1) is 18.4 Å². The highest BCUT2D eigenvalue weighted by atomic mass is 16.5. The van der Waals surface area contributed by atoms with E-state index in [1.165, 1.54) is 18.3 Å². The summed E-state index contributed by atoms with van der Waals surface area (Å²) in [5.41, 5.74) is 3.70. The van der Waals surface area contributed by atoms with E-state index in [0.717, 1.165) is 6.42 Å². The van der Waals surface area contributed by atoms with Crippen molar-refractivity contribution in [3.05, 3.63) is 77.6 Å². The lowest BCUT2D eigenvalue weighted by Crippen LogP contribution is -2.17. The number of furan rings is 1. The second kappa shape index (κ2) is 9.36. The fourth-order valence-electron chi connectivity index (χ4n) is 2.52. The number of aromatic carboxylic acids is 1. The second-order valence-electron chi connectivity index (χ2n) is 6.16. The molecule has 2 aromatic carbocycles. The van der Waals surface area contributed by atoms with Gasteiger partial charge in [-0.1, -0.05) is 19.1 Å². The molecule has 1 aromatic heterocycles. The predicted molar refractivity (Wildman–Crippen MR) is 108 cm³/mol. The van der Waals surface area contributed by atoms with E-state index in [-0.39, 0.29) is 11.5 Å². The average molecular weight is 392 g/mol. The van der Waals surface area contributed by atoms with Gasteiger partial charge in [0.1, 0.15) is 17.3 Å². The highest BCUT2D eigenvalue weighted by Crippen LogP contribution is 2.22. The molecule has 0 saturated heterocycles. The number of nitrogens with zero attached hydrogens (tertiary/aromatic N) is 1. The van der Waals surface area contributed by atoms with E-state index in [9.17, 15) is 9.59 Å². The Morgan fingerprint density at radius 2 is 1.90 bits per heavy atom. The minimum Gasteiger partial charge on any atom is -0.494 e. The Morgan fingerprint density at radius 1 is 1.10 bits per heavy atom. The van der Waals surface area contributed by atoms with Gasteiger partial charge in [0.15, 0.2) is 0 Å². The smallest absolute Gasteiger partial charge is 0.335 e. The number of carboxylic acid groups (broad SMARTS) is 1. The summed E-state index contributed by atoms with van der Waals surface area (Å²) in [6.45, 7) is 2.65. The van der Waals surface area contributed by atoms with Crippen LogP contribution in [0.25, 0.3) is 11.3 Å². The summed E-state index contributed by atoms with van der Waals surface area (Å²) in [6.07, 6.45) is 2.29. The molecule has 0 spiro atoms. The van der Waals surface area contributed by atoms with Crippen LogP contribution in [0.1, 0.15) is 39.8 Å². The third-order valence-electron chi connectivity index (χ3n) is 3.97. The molecule has 0 aliphatic rings. The van der Waals surface area contributed by atoms with Crippen molar-refractivity contribution in [2.24, 2.45) is 5.10 Å². The highest BCUT2D eigenvalue weighted by molar-refractivity contribution is 5.94. The quantitative estimate of drug-likeness (QED) is 0.442. The van der Waals surface area contributed by atoms with E-state index in [2.05, 4.69) is 10.5 Å². The van der Waals surface area contributed by atoms with Crippen molar-refractivity contribution in [2.75, 3.05) is 6.61 Å². The fourth-order valence-corrected chi connectivity index (χ4v) is 2.52. The van der Waals surface area contributed by atoms with Crippen LogP contribution in [0.4, 0.5) is 0 Å². The predicted octanol–water partition coefficient (Wildman–Crippen LogP) is 4.20. The van der Waals surface area contributed by atoms with Crippen molar-refractivity contribution in [1.82, 2.24) is 5.43 Å². The monoisotopic (exact) mass is 392 g/mol. The molecule has 3 rings (SSSR count). The van der Waals surface area contributed by atoms with Gasteiger partial charge in [0.2, 0.25) is 0 Å². The lowest BCUT2D eigenvalue weighted by molar-refractivity contribution is 0.0696. The molecule has 29 heavy (non-hydrogen) atoms. The minimum absolute atomic E-state index is 0.174. The number of carbonyl (C=O) groups excluding carboxylic acids is 1. The fraction of sp³-hybridized carbons (Fsp3) is 0.136. The zero-order chi connectivity index (χ0) is 20.6. The van der Waals surface area contributed by atoms with Crippen LogP contribution < -0.4 is 10.2 Å². The van der Waals surface area contributed by atoms with Crippen LogP contribution in [0.15, 0.2) is 70.2 Å². The largest absolute Gasteiger partial charge is 0.494 e. The molecule has 0 bridgehead atoms. The molecule has 148 valence electrons. The maximum Gasteiger partial charge on any atom is 0.335 e. The van der Waals surface area contributed by atoms with Crippen molar-refractivity contribution in [3.63, 3.8) is 0 Å². The van der Waals surface area contributed by atoms with Gasteiger partial charge in [-0.25, -0.2) is 10.2 Å². The number of rotatable bonds is 8. The molecule has 0 fully saturated rings. The molecule has 3 aromatic rings. The zero-order valence-corrected chi connectivity index (χ0v) is 15.8. The summed E-state index contributed by atoms with van der Waals surface area (Å²) in [5, 5.41) is 13.0. The number of carbonyl (C=O) groups is 2. The molecule has 7 heteroatoms. The first-order valence-electron chi connectivity index (χ1n) is 9.06. The van der Waals surface area contributed by atoms with Gasteiger partial charge in [0.25, 0.3) is 5.91 Å². The Labute approximate surface area is 167 Å². The minimum atomic E-state index is -1.01. The molecule has 0 atom stereocenters. The van der Waals surface area contributed by atoms with Crippen LogP contribution in [0.2, 0.25) is 0 Å². The summed E-state index contributed by atoms with van der Waals surface area (Å²) in [6, 6.07) is 16.6. The number of carboxylic acids is 1. The Bertz CT molecular complexity index is 1020. The van der Waals surface area contributed by atoms with Crippen LogP contribution in [0.5, 0.6) is 5.75 Å². The highest BCUT2D eigenvalue weighted by Gasteiger charge is 2.08. The van der Waals surface area contributed by atoms with Crippen LogP contribution >= 0.6 is 0 Å². The SMILES string of the molecule is CCCOc1ccc(C(=O)N/N=C\c2ccc(-c3cccc(C(=O)O)c3)o2)cc1. The summed E-state index contributed by atoms with van der Waals surface area (Å²) >= 11 is 0. The standard InChI is InChI=1S/C22H20N2O5/c1-2-12-28-18-8-6-15(7-9-18)21(25)24-23-14-19-10-11-20(29-19)16-4-3-5-17(13-16)22(26)27/h3-11,13-14H,2,12H2,1H3,(H,24,25)(H,26,27)/b23-14-. The van der Waals surface area contributed by atoms with Gasteiger partial charge < -0.3 is 14.3 Å². The Balaban J connectivity index is 1.60. The summed E-state index contributed by atoms with van der Waals surface area (Å²) in [7, 11) is 0. The van der Waals surface area contributed by atoms with Crippen LogP contribution in [-0.2, 0) is 0 Å². The van der Waals surface area contributed by atoms with Crippen molar-refractivity contribution < 1.29 is 23.8 Å². The normalized spacial score (nSPS) is 10.8. The van der Waals surface area contributed by atoms with Gasteiger partial charge in [-0.2, -0.15) is 5.10 Å².